The minimum atomic E-state index is -0.251. The van der Waals surface area contributed by atoms with E-state index < -0.39 is 0 Å². The molecule has 0 aliphatic rings. The quantitative estimate of drug-likeness (QED) is 0.763. The molecule has 1 N–H and O–H groups in total. The molecule has 1 rings (SSSR count). The van der Waals surface area contributed by atoms with Gasteiger partial charge in [0.25, 0.3) is 0 Å². The molecule has 0 bridgehead atoms. The summed E-state index contributed by atoms with van der Waals surface area (Å²) in [5.41, 5.74) is 1.12. The summed E-state index contributed by atoms with van der Waals surface area (Å²) in [4.78, 5) is 1.25. The first-order valence-electron chi connectivity index (χ1n) is 4.46. The average Bonchev–Trinajstić information content (AvgIpc) is 2.52. The van der Waals surface area contributed by atoms with Gasteiger partial charge in [-0.25, -0.2) is 0 Å². The van der Waals surface area contributed by atoms with Crippen molar-refractivity contribution in [1.29, 1.82) is 0 Å². The molecule has 1 aromatic heterocycles. The van der Waals surface area contributed by atoms with Crippen molar-refractivity contribution in [2.45, 2.75) is 25.9 Å². The smallest absolute Gasteiger partial charge is 0.0801 e. The fourth-order valence-electron chi connectivity index (χ4n) is 1.32. The first-order valence-corrected chi connectivity index (χ1v) is 6.74. The Bertz CT molecular complexity index is 245. The molecule has 13 heavy (non-hydrogen) atoms. The highest BCUT2D eigenvalue weighted by molar-refractivity contribution is 7.98. The Morgan fingerprint density at radius 3 is 2.92 bits per heavy atom. The minimum Gasteiger partial charge on any atom is -0.388 e. The molecule has 1 aromatic rings. The van der Waals surface area contributed by atoms with Gasteiger partial charge in [0, 0.05) is 4.88 Å². The Morgan fingerprint density at radius 2 is 2.38 bits per heavy atom. The third-order valence-electron chi connectivity index (χ3n) is 2.08. The van der Waals surface area contributed by atoms with Crippen molar-refractivity contribution in [3.63, 3.8) is 0 Å². The Balaban J connectivity index is 2.39. The molecular formula is C10H16OS2. The molecule has 1 nitrogen and oxygen atoms in total. The van der Waals surface area contributed by atoms with E-state index in [9.17, 15) is 5.11 Å². The van der Waals surface area contributed by atoms with Crippen LogP contribution in [0.5, 0.6) is 0 Å². The Kier molecular flexibility index (Phi) is 4.84. The molecule has 0 saturated carbocycles. The van der Waals surface area contributed by atoms with Crippen LogP contribution in [0.1, 0.15) is 29.4 Å². The maximum absolute atomic E-state index is 9.81. The number of thiophene rings is 1. The van der Waals surface area contributed by atoms with Gasteiger partial charge < -0.3 is 5.11 Å². The van der Waals surface area contributed by atoms with Crippen molar-refractivity contribution in [1.82, 2.24) is 0 Å². The molecule has 0 fully saturated rings. The third kappa shape index (κ3) is 3.33. The minimum absolute atomic E-state index is 0.251. The van der Waals surface area contributed by atoms with Gasteiger partial charge in [0.15, 0.2) is 0 Å². The van der Waals surface area contributed by atoms with E-state index in [4.69, 9.17) is 0 Å². The van der Waals surface area contributed by atoms with Crippen molar-refractivity contribution in [3.05, 3.63) is 21.9 Å². The first-order chi connectivity index (χ1) is 6.25. The van der Waals surface area contributed by atoms with Gasteiger partial charge in [-0.05, 0) is 48.8 Å². The van der Waals surface area contributed by atoms with Crippen LogP contribution in [0.15, 0.2) is 11.4 Å². The highest BCUT2D eigenvalue weighted by Crippen LogP contribution is 2.25. The number of aryl methyl sites for hydroxylation is 1. The predicted octanol–water partition coefficient (Wildman–Crippen LogP) is 3.23. The topological polar surface area (TPSA) is 20.2 Å². The molecular weight excluding hydrogens is 200 g/mol. The molecule has 0 aromatic carbocycles. The van der Waals surface area contributed by atoms with Crippen molar-refractivity contribution in [2.24, 2.45) is 0 Å². The van der Waals surface area contributed by atoms with Crippen molar-refractivity contribution in [3.8, 4) is 0 Å². The number of rotatable bonds is 5. The lowest BCUT2D eigenvalue weighted by Crippen LogP contribution is -1.97. The predicted molar refractivity (Wildman–Crippen MR) is 61.6 cm³/mol. The van der Waals surface area contributed by atoms with Crippen molar-refractivity contribution >= 4 is 23.1 Å². The van der Waals surface area contributed by atoms with Crippen LogP contribution in [0.4, 0.5) is 0 Å². The van der Waals surface area contributed by atoms with E-state index in [0.717, 1.165) is 24.2 Å². The van der Waals surface area contributed by atoms with Crippen LogP contribution in [-0.2, 0) is 0 Å². The van der Waals surface area contributed by atoms with E-state index in [1.807, 2.05) is 23.2 Å². The van der Waals surface area contributed by atoms with E-state index in [0.29, 0.717) is 0 Å². The van der Waals surface area contributed by atoms with Crippen LogP contribution in [0.3, 0.4) is 0 Å². The van der Waals surface area contributed by atoms with Gasteiger partial charge >= 0.3 is 0 Å². The third-order valence-corrected chi connectivity index (χ3v) is 3.64. The number of thioether (sulfide) groups is 1. The van der Waals surface area contributed by atoms with Crippen LogP contribution in [0.2, 0.25) is 0 Å². The Labute approximate surface area is 88.2 Å². The van der Waals surface area contributed by atoms with E-state index >= 15 is 0 Å². The lowest BCUT2D eigenvalue weighted by atomic mass is 10.1. The average molecular weight is 216 g/mol. The zero-order valence-electron chi connectivity index (χ0n) is 8.12. The summed E-state index contributed by atoms with van der Waals surface area (Å²) in [6.07, 6.45) is 3.83. The molecule has 74 valence electrons. The second kappa shape index (κ2) is 5.68. The van der Waals surface area contributed by atoms with Gasteiger partial charge in [-0.3, -0.25) is 0 Å². The summed E-state index contributed by atoms with van der Waals surface area (Å²) in [5, 5.41) is 11.9. The zero-order chi connectivity index (χ0) is 9.68. The SMILES string of the molecule is CSCCCC(O)c1ccsc1C. The Hall–Kier alpha value is 0.01000. The molecule has 1 heterocycles. The summed E-state index contributed by atoms with van der Waals surface area (Å²) >= 11 is 3.54. The first kappa shape index (κ1) is 11.1. The van der Waals surface area contributed by atoms with Gasteiger partial charge in [-0.1, -0.05) is 0 Å². The molecule has 0 aliphatic heterocycles. The van der Waals surface area contributed by atoms with Gasteiger partial charge in [0.1, 0.15) is 0 Å². The van der Waals surface area contributed by atoms with Gasteiger partial charge in [-0.15, -0.1) is 11.3 Å². The molecule has 0 radical (unpaired) electrons. The summed E-state index contributed by atoms with van der Waals surface area (Å²) in [6.45, 7) is 2.07. The van der Waals surface area contributed by atoms with Crippen molar-refractivity contribution < 1.29 is 5.11 Å². The van der Waals surface area contributed by atoms with Crippen LogP contribution in [0, 0.1) is 6.92 Å². The fourth-order valence-corrected chi connectivity index (χ4v) is 2.53. The van der Waals surface area contributed by atoms with E-state index in [-0.39, 0.29) is 6.10 Å². The maximum atomic E-state index is 9.81. The molecule has 0 aliphatic carbocycles. The van der Waals surface area contributed by atoms with E-state index in [1.54, 1.807) is 11.3 Å². The highest BCUT2D eigenvalue weighted by Gasteiger charge is 2.10. The summed E-state index contributed by atoms with van der Waals surface area (Å²) in [6, 6.07) is 2.03. The number of hydrogen-bond donors (Lipinski definition) is 1. The molecule has 1 atom stereocenters. The normalized spacial score (nSPS) is 13.2. The van der Waals surface area contributed by atoms with Crippen LogP contribution >= 0.6 is 23.1 Å². The molecule has 0 saturated heterocycles. The lowest BCUT2D eigenvalue weighted by molar-refractivity contribution is 0.167. The molecule has 0 spiro atoms. The lowest BCUT2D eigenvalue weighted by Gasteiger charge is -2.09. The van der Waals surface area contributed by atoms with Crippen LogP contribution < -0.4 is 0 Å². The molecule has 1 unspecified atom stereocenters. The van der Waals surface area contributed by atoms with E-state index in [2.05, 4.69) is 13.2 Å². The summed E-state index contributed by atoms with van der Waals surface area (Å²) in [5.74, 6) is 1.14. The standard InChI is InChI=1S/C10H16OS2/c1-8-9(5-7-13-8)10(11)4-3-6-12-2/h5,7,10-11H,3-4,6H2,1-2H3. The van der Waals surface area contributed by atoms with Crippen LogP contribution in [0.25, 0.3) is 0 Å². The van der Waals surface area contributed by atoms with Gasteiger partial charge in [-0.2, -0.15) is 11.8 Å². The highest BCUT2D eigenvalue weighted by atomic mass is 32.2. The van der Waals surface area contributed by atoms with Crippen molar-refractivity contribution in [2.75, 3.05) is 12.0 Å². The fraction of sp³-hybridized carbons (Fsp3) is 0.600. The van der Waals surface area contributed by atoms with Gasteiger partial charge in [0.2, 0.25) is 0 Å². The van der Waals surface area contributed by atoms with E-state index in [1.165, 1.54) is 4.88 Å². The van der Waals surface area contributed by atoms with Crippen LogP contribution in [-0.4, -0.2) is 17.1 Å². The summed E-state index contributed by atoms with van der Waals surface area (Å²) in [7, 11) is 0. The second-order valence-electron chi connectivity index (χ2n) is 3.08. The van der Waals surface area contributed by atoms with Gasteiger partial charge in [0.05, 0.1) is 6.10 Å². The molecule has 0 amide bonds. The molecule has 3 heteroatoms. The largest absolute Gasteiger partial charge is 0.388 e. The number of aliphatic hydroxyl groups is 1. The maximum Gasteiger partial charge on any atom is 0.0801 e. The summed E-state index contributed by atoms with van der Waals surface area (Å²) < 4.78 is 0. The Morgan fingerprint density at radius 1 is 1.62 bits per heavy atom. The monoisotopic (exact) mass is 216 g/mol. The zero-order valence-corrected chi connectivity index (χ0v) is 9.75. The second-order valence-corrected chi connectivity index (χ2v) is 5.19. The number of aliphatic hydroxyl groups excluding tert-OH is 1. The number of hydrogen-bond acceptors (Lipinski definition) is 3.